The lowest BCUT2D eigenvalue weighted by Crippen LogP contribution is -2.29. The van der Waals surface area contributed by atoms with Crippen LogP contribution in [-0.4, -0.2) is 21.7 Å². The van der Waals surface area contributed by atoms with Gasteiger partial charge in [0.25, 0.3) is 5.91 Å². The molecule has 2 atom stereocenters. The van der Waals surface area contributed by atoms with Gasteiger partial charge in [0.1, 0.15) is 17.6 Å². The van der Waals surface area contributed by atoms with Gasteiger partial charge in [-0.1, -0.05) is 6.92 Å². The number of fused-ring (bicyclic) bond motifs is 1. The molecule has 1 fully saturated rings. The van der Waals surface area contributed by atoms with Crippen molar-refractivity contribution in [1.82, 2.24) is 9.97 Å². The van der Waals surface area contributed by atoms with Crippen LogP contribution in [0.2, 0.25) is 0 Å². The van der Waals surface area contributed by atoms with Gasteiger partial charge >= 0.3 is 0 Å². The predicted octanol–water partition coefficient (Wildman–Crippen LogP) is 3.07. The number of Topliss-reactive ketones (excluding diaryl/α,β-unsaturated/α-hetero) is 1. The molecule has 3 aromatic rings. The maximum atomic E-state index is 12.6. The zero-order valence-electron chi connectivity index (χ0n) is 13.7. The Labute approximate surface area is 138 Å². The number of carbonyl (C=O) groups is 2. The van der Waals surface area contributed by atoms with E-state index in [1.54, 1.807) is 13.3 Å². The summed E-state index contributed by atoms with van der Waals surface area (Å²) in [4.78, 5) is 33.6. The molecule has 0 aliphatic carbocycles. The number of aromatic amines is 1. The molecule has 3 heterocycles. The van der Waals surface area contributed by atoms with Crippen molar-refractivity contribution < 1.29 is 14.0 Å². The first-order valence-corrected chi connectivity index (χ1v) is 7.85. The number of ketones is 1. The van der Waals surface area contributed by atoms with Gasteiger partial charge < -0.3 is 9.40 Å². The largest absolute Gasteiger partial charge is 0.464 e. The molecule has 0 spiro atoms. The van der Waals surface area contributed by atoms with Crippen molar-refractivity contribution in [3.63, 3.8) is 0 Å². The van der Waals surface area contributed by atoms with E-state index >= 15 is 0 Å². The van der Waals surface area contributed by atoms with Crippen LogP contribution in [0.4, 0.5) is 5.69 Å². The van der Waals surface area contributed by atoms with E-state index in [2.05, 4.69) is 9.97 Å². The van der Waals surface area contributed by atoms with Crippen LogP contribution in [0.25, 0.3) is 11.0 Å². The molecular formula is C18H17N3O3. The molecule has 0 bridgehead atoms. The van der Waals surface area contributed by atoms with Crippen molar-refractivity contribution in [2.75, 3.05) is 4.90 Å². The van der Waals surface area contributed by atoms with Gasteiger partial charge in [-0.25, -0.2) is 4.98 Å². The molecule has 2 unspecified atom stereocenters. The Balaban J connectivity index is 1.85. The maximum absolute atomic E-state index is 12.6. The van der Waals surface area contributed by atoms with Crippen molar-refractivity contribution in [2.45, 2.75) is 26.8 Å². The molecule has 122 valence electrons. The van der Waals surface area contributed by atoms with Gasteiger partial charge in [0.2, 0.25) is 5.78 Å². The van der Waals surface area contributed by atoms with E-state index in [9.17, 15) is 9.59 Å². The van der Waals surface area contributed by atoms with Gasteiger partial charge in [-0.3, -0.25) is 14.5 Å². The number of nitrogens with one attached hydrogen (secondary N) is 1. The first-order chi connectivity index (χ1) is 11.5. The number of amides is 1. The number of aromatic nitrogens is 2. The number of imidazole rings is 1. The second kappa shape index (κ2) is 5.06. The highest BCUT2D eigenvalue weighted by atomic mass is 16.3. The van der Waals surface area contributed by atoms with Crippen molar-refractivity contribution in [2.24, 2.45) is 5.92 Å². The highest BCUT2D eigenvalue weighted by Gasteiger charge is 2.47. The fourth-order valence-electron chi connectivity index (χ4n) is 3.28. The first kappa shape index (κ1) is 14.7. The molecule has 1 aliphatic heterocycles. The van der Waals surface area contributed by atoms with E-state index in [-0.39, 0.29) is 0 Å². The average Bonchev–Trinajstić information content (AvgIpc) is 3.21. The van der Waals surface area contributed by atoms with E-state index in [4.69, 9.17) is 4.42 Å². The zero-order chi connectivity index (χ0) is 17.0. The van der Waals surface area contributed by atoms with Crippen LogP contribution in [0, 0.1) is 19.8 Å². The Kier molecular flexibility index (Phi) is 3.09. The van der Waals surface area contributed by atoms with Crippen LogP contribution in [0.5, 0.6) is 0 Å². The quantitative estimate of drug-likeness (QED) is 0.735. The summed E-state index contributed by atoms with van der Waals surface area (Å²) in [5, 5.41) is 0. The number of aryl methyl sites for hydroxylation is 2. The minimum atomic E-state index is -0.502. The van der Waals surface area contributed by atoms with Crippen molar-refractivity contribution in [3.8, 4) is 0 Å². The molecule has 1 amide bonds. The molecule has 0 saturated carbocycles. The fourth-order valence-corrected chi connectivity index (χ4v) is 3.28. The third kappa shape index (κ3) is 1.99. The van der Waals surface area contributed by atoms with E-state index in [0.29, 0.717) is 11.4 Å². The van der Waals surface area contributed by atoms with Gasteiger partial charge in [-0.2, -0.15) is 0 Å². The van der Waals surface area contributed by atoms with E-state index in [1.165, 1.54) is 4.90 Å². The summed E-state index contributed by atoms with van der Waals surface area (Å²) in [5.74, 6) is 0.0868. The number of carbonyl (C=O) groups excluding carboxylic acids is 2. The highest BCUT2D eigenvalue weighted by Crippen LogP contribution is 2.41. The van der Waals surface area contributed by atoms with Crippen LogP contribution < -0.4 is 4.90 Å². The first-order valence-electron chi connectivity index (χ1n) is 7.85. The Morgan fingerprint density at radius 1 is 1.21 bits per heavy atom. The summed E-state index contributed by atoms with van der Waals surface area (Å²) >= 11 is 0. The lowest BCUT2D eigenvalue weighted by atomic mass is 9.99. The van der Waals surface area contributed by atoms with Gasteiger partial charge in [-0.15, -0.1) is 0 Å². The SMILES string of the molecule is Cc1cc(C2C(C)C(=O)C(=O)N2c2ccc3nc[nH]c3c2)oc1C. The fraction of sp³-hybridized carbons (Fsp3) is 0.278. The van der Waals surface area contributed by atoms with Gasteiger partial charge in [0, 0.05) is 5.69 Å². The normalized spacial score (nSPS) is 21.2. The molecule has 4 rings (SSSR count). The van der Waals surface area contributed by atoms with E-state index < -0.39 is 23.7 Å². The number of H-pyrrole nitrogens is 1. The topological polar surface area (TPSA) is 79.2 Å². The lowest BCUT2D eigenvalue weighted by Gasteiger charge is -2.24. The van der Waals surface area contributed by atoms with E-state index in [1.807, 2.05) is 38.1 Å². The van der Waals surface area contributed by atoms with Crippen LogP contribution in [-0.2, 0) is 9.59 Å². The number of anilines is 1. The zero-order valence-corrected chi connectivity index (χ0v) is 13.7. The van der Waals surface area contributed by atoms with Crippen LogP contribution in [0.3, 0.4) is 0 Å². The summed E-state index contributed by atoms with van der Waals surface area (Å²) in [6, 6.07) is 6.95. The van der Waals surface area contributed by atoms with Crippen molar-refractivity contribution in [3.05, 3.63) is 47.7 Å². The third-order valence-electron chi connectivity index (χ3n) is 4.75. The summed E-state index contributed by atoms with van der Waals surface area (Å²) in [6.45, 7) is 5.60. The molecule has 2 aromatic heterocycles. The highest BCUT2D eigenvalue weighted by molar-refractivity contribution is 6.44. The Bertz CT molecular complexity index is 949. The molecule has 24 heavy (non-hydrogen) atoms. The predicted molar refractivity (Wildman–Crippen MR) is 88.7 cm³/mol. The molecule has 6 nitrogen and oxygen atoms in total. The molecule has 1 N–H and O–H groups in total. The number of hydrogen-bond acceptors (Lipinski definition) is 4. The standard InChI is InChI=1S/C18H17N3O3/c1-9-6-15(24-11(9)3)16-10(2)17(22)18(23)21(16)12-4-5-13-14(7-12)20-8-19-13/h4-8,10,16H,1-3H3,(H,19,20). The molecule has 0 radical (unpaired) electrons. The number of furan rings is 1. The van der Waals surface area contributed by atoms with Crippen LogP contribution in [0.1, 0.15) is 30.0 Å². The van der Waals surface area contributed by atoms with Gasteiger partial charge in [0.05, 0.1) is 23.3 Å². The summed E-state index contributed by atoms with van der Waals surface area (Å²) in [7, 11) is 0. The minimum absolute atomic E-state index is 0.392. The number of rotatable bonds is 2. The monoisotopic (exact) mass is 323 g/mol. The van der Waals surface area contributed by atoms with E-state index in [0.717, 1.165) is 22.4 Å². The Hall–Kier alpha value is -2.89. The molecule has 6 heteroatoms. The van der Waals surface area contributed by atoms with Gasteiger partial charge in [0.15, 0.2) is 0 Å². The lowest BCUT2D eigenvalue weighted by molar-refractivity contribution is -0.135. The number of benzene rings is 1. The Morgan fingerprint density at radius 3 is 2.71 bits per heavy atom. The molecular weight excluding hydrogens is 306 g/mol. The average molecular weight is 323 g/mol. The summed E-state index contributed by atoms with van der Waals surface area (Å²) in [6.07, 6.45) is 1.60. The van der Waals surface area contributed by atoms with Crippen molar-refractivity contribution >= 4 is 28.4 Å². The van der Waals surface area contributed by atoms with Crippen LogP contribution in [0.15, 0.2) is 35.0 Å². The molecule has 1 aromatic carbocycles. The van der Waals surface area contributed by atoms with Crippen molar-refractivity contribution in [1.29, 1.82) is 0 Å². The second-order valence-corrected chi connectivity index (χ2v) is 6.26. The minimum Gasteiger partial charge on any atom is -0.464 e. The third-order valence-corrected chi connectivity index (χ3v) is 4.75. The summed E-state index contributed by atoms with van der Waals surface area (Å²) in [5.41, 5.74) is 3.29. The second-order valence-electron chi connectivity index (χ2n) is 6.26. The van der Waals surface area contributed by atoms with Crippen LogP contribution >= 0.6 is 0 Å². The summed E-state index contributed by atoms with van der Waals surface area (Å²) < 4.78 is 5.82. The Morgan fingerprint density at radius 2 is 2.00 bits per heavy atom. The maximum Gasteiger partial charge on any atom is 0.295 e. The molecule has 1 saturated heterocycles. The number of nitrogens with zero attached hydrogens (tertiary/aromatic N) is 2. The smallest absolute Gasteiger partial charge is 0.295 e. The molecule has 1 aliphatic rings. The van der Waals surface area contributed by atoms with Gasteiger partial charge in [-0.05, 0) is 43.7 Å². The number of hydrogen-bond donors (Lipinski definition) is 1.